The highest BCUT2D eigenvalue weighted by atomic mass is 32.2. The number of sulfonamides is 1. The average Bonchev–Trinajstić information content (AvgIpc) is 3.15. The lowest BCUT2D eigenvalue weighted by atomic mass is 9.93. The largest absolute Gasteiger partial charge is 0.492 e. The van der Waals surface area contributed by atoms with E-state index in [1.165, 1.54) is 6.07 Å². The minimum absolute atomic E-state index is 0.209. The molecule has 0 aliphatic carbocycles. The molecule has 3 aliphatic rings. The summed E-state index contributed by atoms with van der Waals surface area (Å²) in [5.41, 5.74) is 0.615. The summed E-state index contributed by atoms with van der Waals surface area (Å²) < 4.78 is 34.1. The van der Waals surface area contributed by atoms with Crippen LogP contribution in [0.2, 0.25) is 0 Å². The van der Waals surface area contributed by atoms with E-state index < -0.39 is 15.9 Å². The molecule has 0 aromatic carbocycles. The zero-order valence-corrected chi connectivity index (χ0v) is 20.9. The van der Waals surface area contributed by atoms with Gasteiger partial charge in [-0.25, -0.2) is 14.7 Å². The van der Waals surface area contributed by atoms with Crippen molar-refractivity contribution in [1.29, 1.82) is 0 Å². The van der Waals surface area contributed by atoms with Gasteiger partial charge < -0.3 is 15.0 Å². The van der Waals surface area contributed by atoms with Crippen molar-refractivity contribution in [1.82, 2.24) is 14.7 Å². The van der Waals surface area contributed by atoms with Gasteiger partial charge in [-0.3, -0.25) is 4.79 Å². The standard InChI is InChI=1S/C25H31N5O4S/c1-25(2)15-17-7-6-13-26-21-9-5-10-22(28-21)35(32,33)29-24(31)18-11-12-19(20-8-3-4-14-34-20)27-23(18)30(25)16-17/h5,8-12,17H,3-4,6-7,13-16H2,1-2H3,(H,26,28)(H,29,31)/t17-/m0/s1. The first-order chi connectivity index (χ1) is 16.7. The number of aromatic nitrogens is 2. The van der Waals surface area contributed by atoms with Gasteiger partial charge in [0.2, 0.25) is 0 Å². The van der Waals surface area contributed by atoms with Crippen molar-refractivity contribution in [2.75, 3.05) is 29.9 Å². The Kier molecular flexibility index (Phi) is 6.16. The predicted molar refractivity (Wildman–Crippen MR) is 134 cm³/mol. The van der Waals surface area contributed by atoms with E-state index in [1.807, 2.05) is 6.08 Å². The number of carbonyl (C=O) groups excluding carboxylic acids is 1. The fourth-order valence-electron chi connectivity index (χ4n) is 5.16. The van der Waals surface area contributed by atoms with Gasteiger partial charge >= 0.3 is 0 Å². The molecule has 0 spiro atoms. The lowest BCUT2D eigenvalue weighted by Gasteiger charge is -2.34. The fraction of sp³-hybridized carbons (Fsp3) is 0.480. The maximum absolute atomic E-state index is 13.4. The first kappa shape index (κ1) is 23.6. The molecule has 0 saturated carbocycles. The van der Waals surface area contributed by atoms with Crippen molar-refractivity contribution in [3.8, 4) is 0 Å². The molecule has 5 rings (SSSR count). The maximum atomic E-state index is 13.4. The Morgan fingerprint density at radius 1 is 1.14 bits per heavy atom. The summed E-state index contributed by atoms with van der Waals surface area (Å²) >= 11 is 0. The lowest BCUT2D eigenvalue weighted by Crippen LogP contribution is -2.41. The van der Waals surface area contributed by atoms with E-state index in [2.05, 4.69) is 33.8 Å². The third-order valence-corrected chi connectivity index (χ3v) is 8.08. The second-order valence-corrected chi connectivity index (χ2v) is 11.6. The van der Waals surface area contributed by atoms with Crippen LogP contribution < -0.4 is 14.9 Å². The van der Waals surface area contributed by atoms with Crippen LogP contribution in [0.25, 0.3) is 5.76 Å². The molecule has 2 N–H and O–H groups in total. The number of pyridine rings is 2. The summed E-state index contributed by atoms with van der Waals surface area (Å²) in [4.78, 5) is 24.6. The zero-order valence-electron chi connectivity index (χ0n) is 20.1. The number of ether oxygens (including phenoxy) is 1. The van der Waals surface area contributed by atoms with E-state index in [4.69, 9.17) is 9.72 Å². The Bertz CT molecular complexity index is 1270. The number of hydrogen-bond donors (Lipinski definition) is 2. The monoisotopic (exact) mass is 497 g/mol. The number of allylic oxidation sites excluding steroid dienone is 1. The molecule has 4 bridgehead atoms. The maximum Gasteiger partial charge on any atom is 0.281 e. The third-order valence-electron chi connectivity index (χ3n) is 6.84. The first-order valence-corrected chi connectivity index (χ1v) is 13.6. The second-order valence-electron chi connectivity index (χ2n) is 9.98. The van der Waals surface area contributed by atoms with Crippen molar-refractivity contribution in [2.24, 2.45) is 5.92 Å². The molecule has 2 aromatic heterocycles. The van der Waals surface area contributed by atoms with Crippen molar-refractivity contribution in [3.63, 3.8) is 0 Å². The number of rotatable bonds is 1. The summed E-state index contributed by atoms with van der Waals surface area (Å²) in [6.45, 7) is 6.34. The van der Waals surface area contributed by atoms with E-state index >= 15 is 0 Å². The van der Waals surface area contributed by atoms with Gasteiger partial charge in [0, 0.05) is 18.6 Å². The van der Waals surface area contributed by atoms with Crippen LogP contribution in [-0.2, 0) is 14.8 Å². The minimum atomic E-state index is -4.18. The fourth-order valence-corrected chi connectivity index (χ4v) is 6.09. The number of hydrogen-bond acceptors (Lipinski definition) is 8. The van der Waals surface area contributed by atoms with Gasteiger partial charge in [0.25, 0.3) is 15.9 Å². The Hall–Kier alpha value is -3.14. The smallest absolute Gasteiger partial charge is 0.281 e. The average molecular weight is 498 g/mol. The molecule has 1 atom stereocenters. The molecular weight excluding hydrogens is 466 g/mol. The van der Waals surface area contributed by atoms with E-state index in [1.54, 1.807) is 24.3 Å². The Morgan fingerprint density at radius 2 is 2.00 bits per heavy atom. The van der Waals surface area contributed by atoms with Crippen LogP contribution in [0.4, 0.5) is 11.6 Å². The summed E-state index contributed by atoms with van der Waals surface area (Å²) in [5, 5.41) is 3.00. The van der Waals surface area contributed by atoms with Crippen LogP contribution in [0.15, 0.2) is 41.4 Å². The molecule has 0 unspecified atom stereocenters. The van der Waals surface area contributed by atoms with E-state index in [-0.39, 0.29) is 16.1 Å². The highest BCUT2D eigenvalue weighted by molar-refractivity contribution is 7.90. The molecule has 186 valence electrons. The van der Waals surface area contributed by atoms with Crippen LogP contribution in [0.1, 0.15) is 62.0 Å². The van der Waals surface area contributed by atoms with Crippen LogP contribution >= 0.6 is 0 Å². The van der Waals surface area contributed by atoms with Gasteiger partial charge in [-0.1, -0.05) is 6.07 Å². The van der Waals surface area contributed by atoms with Gasteiger partial charge in [-0.15, -0.1) is 0 Å². The molecule has 2 aromatic rings. The number of fused-ring (bicyclic) bond motifs is 6. The van der Waals surface area contributed by atoms with Crippen molar-refractivity contribution < 1.29 is 17.9 Å². The summed E-state index contributed by atoms with van der Waals surface area (Å²) in [5.74, 6) is 1.34. The summed E-state index contributed by atoms with van der Waals surface area (Å²) in [7, 11) is -4.18. The van der Waals surface area contributed by atoms with Crippen LogP contribution in [0.3, 0.4) is 0 Å². The van der Waals surface area contributed by atoms with Crippen molar-refractivity contribution >= 4 is 33.3 Å². The van der Waals surface area contributed by atoms with Crippen molar-refractivity contribution in [3.05, 3.63) is 47.7 Å². The minimum Gasteiger partial charge on any atom is -0.492 e. The van der Waals surface area contributed by atoms with E-state index in [0.717, 1.165) is 38.6 Å². The molecule has 1 saturated heterocycles. The topological polar surface area (TPSA) is 114 Å². The molecule has 35 heavy (non-hydrogen) atoms. The Labute approximate surface area is 206 Å². The normalized spacial score (nSPS) is 23.5. The molecular formula is C25H31N5O4S. The number of nitrogens with zero attached hydrogens (tertiary/aromatic N) is 3. The zero-order chi connectivity index (χ0) is 24.6. The van der Waals surface area contributed by atoms with Gasteiger partial charge in [0.05, 0.1) is 12.2 Å². The number of anilines is 2. The van der Waals surface area contributed by atoms with Crippen molar-refractivity contribution in [2.45, 2.75) is 56.5 Å². The second kappa shape index (κ2) is 9.14. The molecule has 0 radical (unpaired) electrons. The number of nitrogens with one attached hydrogen (secondary N) is 2. The highest BCUT2D eigenvalue weighted by Gasteiger charge is 2.41. The molecule has 1 amide bonds. The molecule has 10 heteroatoms. The van der Waals surface area contributed by atoms with Gasteiger partial charge in [0.15, 0.2) is 5.03 Å². The molecule has 1 fully saturated rings. The van der Waals surface area contributed by atoms with E-state index in [9.17, 15) is 13.2 Å². The SMILES string of the molecule is CC1(C)C[C@@H]2CCCNc3cccc(n3)S(=O)(=O)NC(=O)c3ccc(C4=CCCCO4)nc3N1C2. The lowest BCUT2D eigenvalue weighted by molar-refractivity contribution is 0.0981. The summed E-state index contributed by atoms with van der Waals surface area (Å²) in [6.07, 6.45) is 6.75. The number of amides is 1. The van der Waals surface area contributed by atoms with Crippen LogP contribution in [0, 0.1) is 5.92 Å². The van der Waals surface area contributed by atoms with Gasteiger partial charge in [-0.05, 0) is 82.2 Å². The molecule has 3 aliphatic heterocycles. The van der Waals surface area contributed by atoms with Crippen LogP contribution in [0.5, 0.6) is 0 Å². The van der Waals surface area contributed by atoms with Gasteiger partial charge in [0.1, 0.15) is 23.1 Å². The summed E-state index contributed by atoms with van der Waals surface area (Å²) in [6, 6.07) is 8.08. The predicted octanol–water partition coefficient (Wildman–Crippen LogP) is 3.56. The van der Waals surface area contributed by atoms with Gasteiger partial charge in [-0.2, -0.15) is 8.42 Å². The Balaban J connectivity index is 1.60. The quantitative estimate of drug-likeness (QED) is 0.615. The van der Waals surface area contributed by atoms with Crippen LogP contribution in [-0.4, -0.2) is 49.5 Å². The Morgan fingerprint density at radius 3 is 2.80 bits per heavy atom. The first-order valence-electron chi connectivity index (χ1n) is 12.1. The molecule has 9 nitrogen and oxygen atoms in total. The van der Waals surface area contributed by atoms with E-state index in [0.29, 0.717) is 42.2 Å². The highest BCUT2D eigenvalue weighted by Crippen LogP contribution is 2.40. The molecule has 5 heterocycles. The third kappa shape index (κ3) is 4.84. The number of carbonyl (C=O) groups is 1.